The summed E-state index contributed by atoms with van der Waals surface area (Å²) in [5.74, 6) is 2.17. The van der Waals surface area contributed by atoms with Gasteiger partial charge in [-0.2, -0.15) is 0 Å². The molecule has 0 saturated carbocycles. The molecule has 0 aliphatic heterocycles. The lowest BCUT2D eigenvalue weighted by Crippen LogP contribution is -1.99. The first-order chi connectivity index (χ1) is 53.1. The molecule has 13 heterocycles. The minimum atomic E-state index is 0.717. The van der Waals surface area contributed by atoms with Crippen molar-refractivity contribution >= 4 is 190 Å². The molecule has 0 N–H and O–H groups in total. The highest BCUT2D eigenvalue weighted by Crippen LogP contribution is 2.39. The smallest absolute Gasteiger partial charge is 0.163 e. The van der Waals surface area contributed by atoms with Crippen molar-refractivity contribution in [2.24, 2.45) is 0 Å². The van der Waals surface area contributed by atoms with Crippen LogP contribution in [0.4, 0.5) is 0 Å². The van der Waals surface area contributed by atoms with Crippen LogP contribution in [0.25, 0.3) is 144 Å². The van der Waals surface area contributed by atoms with E-state index in [-0.39, 0.29) is 0 Å². The van der Waals surface area contributed by atoms with Gasteiger partial charge in [-0.25, -0.2) is 29.9 Å². The minimum absolute atomic E-state index is 0.717. The van der Waals surface area contributed by atoms with Crippen LogP contribution in [-0.2, 0) is 0 Å². The van der Waals surface area contributed by atoms with Crippen LogP contribution in [0.5, 0.6) is 0 Å². The molecule has 0 amide bonds. The normalized spacial score (nSPS) is 11.2. The van der Waals surface area contributed by atoms with Crippen molar-refractivity contribution in [1.82, 2.24) is 44.9 Å². The van der Waals surface area contributed by atoms with Gasteiger partial charge >= 0.3 is 0 Å². The van der Waals surface area contributed by atoms with Gasteiger partial charge in [0.05, 0.1) is 25.1 Å². The number of thiophene rings is 6. The largest absolute Gasteiger partial charge is 0.260 e. The highest BCUT2D eigenvalue weighted by molar-refractivity contribution is 7.27. The Morgan fingerprint density at radius 1 is 0.200 bits per heavy atom. The van der Waals surface area contributed by atoms with Crippen molar-refractivity contribution in [3.05, 3.63) is 316 Å². The fraction of sp³-hybridized carbons (Fsp3) is 0.147. The van der Waals surface area contributed by atoms with Crippen molar-refractivity contribution in [2.75, 3.05) is 0 Å². The number of hydrogen-bond acceptors (Lipinski definition) is 15. The lowest BCUT2D eigenvalue weighted by atomic mass is 10.1. The maximum absolute atomic E-state index is 4.62. The van der Waals surface area contributed by atoms with E-state index >= 15 is 0 Å². The van der Waals surface area contributed by atoms with Gasteiger partial charge in [-0.1, -0.05) is 135 Å². The molecule has 0 bridgehead atoms. The summed E-state index contributed by atoms with van der Waals surface area (Å²) in [6.45, 7) is 29.1. The molecule has 0 atom stereocenters. The molecular weight excluding hydrogens is 1460 g/mol. The van der Waals surface area contributed by atoms with Crippen LogP contribution >= 0.6 is 68.0 Å². The van der Waals surface area contributed by atoms with Crippen LogP contribution in [0.3, 0.4) is 0 Å². The van der Waals surface area contributed by atoms with E-state index in [2.05, 4.69) is 284 Å². The molecular formula is C95H81N9S6. The van der Waals surface area contributed by atoms with Crippen molar-refractivity contribution in [2.45, 2.75) is 96.9 Å². The fourth-order valence-electron chi connectivity index (χ4n) is 13.4. The topological polar surface area (TPSA) is 116 Å². The molecule has 0 aliphatic carbocycles. The molecule has 542 valence electrons. The van der Waals surface area contributed by atoms with E-state index in [0.717, 1.165) is 71.2 Å². The lowest BCUT2D eigenvalue weighted by molar-refractivity contribution is 0.991. The van der Waals surface area contributed by atoms with Crippen molar-refractivity contribution in [3.8, 4) is 22.8 Å². The SMILES string of the molecule is Cc1ccc2sc3ccc(C)cc3c2c1.Cc1ccc2sc3ccc(C)nc3c2c1.Cc1ccc2sc3ccc(C)nc3c2c1.Cc1ccc2sc3cnc(C)cc3c2c1.Cc1ccc2sc3ncc(C)cc3c2c1.Cc1cccc(-c2nc(C)nc(-c3ccccc3)n2)c1.Cc1cnc2sc3ncc(C)cc3c2c1. The summed E-state index contributed by atoms with van der Waals surface area (Å²) in [7, 11) is 0. The van der Waals surface area contributed by atoms with Crippen LogP contribution in [0.2, 0.25) is 0 Å². The summed E-state index contributed by atoms with van der Waals surface area (Å²) in [6.07, 6.45) is 7.73. The second kappa shape index (κ2) is 32.3. The highest BCUT2D eigenvalue weighted by atomic mass is 32.1. The number of rotatable bonds is 2. The van der Waals surface area contributed by atoms with E-state index in [9.17, 15) is 0 Å². The van der Waals surface area contributed by atoms with E-state index in [1.165, 1.54) is 152 Å². The molecule has 21 rings (SSSR count). The second-order valence-electron chi connectivity index (χ2n) is 28.4. The van der Waals surface area contributed by atoms with Gasteiger partial charge in [0, 0.05) is 135 Å². The molecule has 0 radical (unpaired) electrons. The quantitative estimate of drug-likeness (QED) is 0.167. The highest BCUT2D eigenvalue weighted by Gasteiger charge is 2.14. The van der Waals surface area contributed by atoms with Gasteiger partial charge in [-0.15, -0.1) is 56.7 Å². The third kappa shape index (κ3) is 16.7. The van der Waals surface area contributed by atoms with Crippen LogP contribution in [0.1, 0.15) is 78.5 Å². The Morgan fingerprint density at radius 3 is 0.991 bits per heavy atom. The zero-order valence-corrected chi connectivity index (χ0v) is 68.9. The first-order valence-corrected chi connectivity index (χ1v) is 41.5. The molecule has 0 aliphatic rings. The number of pyridine rings is 6. The Kier molecular flexibility index (Phi) is 21.8. The van der Waals surface area contributed by atoms with Gasteiger partial charge < -0.3 is 0 Å². The van der Waals surface area contributed by atoms with Gasteiger partial charge in [0.1, 0.15) is 20.3 Å². The van der Waals surface area contributed by atoms with Gasteiger partial charge in [0.25, 0.3) is 0 Å². The molecule has 13 aromatic heterocycles. The summed E-state index contributed by atoms with van der Waals surface area (Å²) < 4.78 is 11.9. The van der Waals surface area contributed by atoms with E-state index in [1.54, 1.807) is 22.7 Å². The zero-order valence-electron chi connectivity index (χ0n) is 64.0. The first-order valence-electron chi connectivity index (χ1n) is 36.6. The number of nitrogens with zero attached hydrogens (tertiary/aromatic N) is 9. The third-order valence-electron chi connectivity index (χ3n) is 18.8. The number of aromatic nitrogens is 9. The van der Waals surface area contributed by atoms with Gasteiger partial charge in [-0.05, 0) is 241 Å². The van der Waals surface area contributed by atoms with E-state index in [0.29, 0.717) is 0 Å². The van der Waals surface area contributed by atoms with Gasteiger partial charge in [-0.3, -0.25) is 15.0 Å². The summed E-state index contributed by atoms with van der Waals surface area (Å²) in [5, 5.41) is 13.2. The standard InChI is InChI=1S/C17H15N3.C14H12S.4C13H11NS.C12H10N2S/c1-12-7-6-10-15(11-12)17-19-13(2)18-16(20-17)14-8-4-3-5-9-14;1-9-3-5-13-11(7-9)12-8-10(2)4-6-14(12)15-13;2*1-8-3-5-11-10(7-8)13-12(15-11)6-4-9(2)14-13;1-8-3-4-12-10(5-8)11-6-9(2)14-7-13(11)15-12;1-8-3-4-12-10(5-8)11-6-9(2)7-14-13(11)15-12;1-7-3-9-10-4-8(2)6-14-12(10)15-11(9)13-5-7/h3-11H,1-2H3;3-8H,1-2H3;4*3-7H,1-2H3;3-6H,1-2H3. The van der Waals surface area contributed by atoms with Crippen molar-refractivity contribution in [3.63, 3.8) is 0 Å². The average molecular weight is 1540 g/mol. The Balaban J connectivity index is 0.000000102. The molecule has 0 spiro atoms. The molecule has 8 aromatic carbocycles. The first kappa shape index (κ1) is 74.5. The maximum Gasteiger partial charge on any atom is 0.163 e. The predicted octanol–water partition coefficient (Wildman–Crippen LogP) is 28.2. The molecule has 21 aromatic rings. The maximum atomic E-state index is 4.62. The third-order valence-corrected chi connectivity index (χ3v) is 25.4. The van der Waals surface area contributed by atoms with Crippen LogP contribution in [-0.4, -0.2) is 44.9 Å². The van der Waals surface area contributed by atoms with Crippen LogP contribution in [0, 0.1) is 96.9 Å². The summed E-state index contributed by atoms with van der Waals surface area (Å²) in [6, 6.07) is 75.2. The Hall–Kier alpha value is -11.0. The fourth-order valence-corrected chi connectivity index (χ4v) is 19.5. The Labute approximate surface area is 664 Å². The molecule has 110 heavy (non-hydrogen) atoms. The predicted molar refractivity (Wildman–Crippen MR) is 480 cm³/mol. The summed E-state index contributed by atoms with van der Waals surface area (Å²) in [5.41, 5.74) is 20.3. The van der Waals surface area contributed by atoms with Crippen LogP contribution < -0.4 is 0 Å². The molecule has 0 unspecified atom stereocenters. The zero-order chi connectivity index (χ0) is 76.4. The number of benzene rings is 8. The summed E-state index contributed by atoms with van der Waals surface area (Å²) >= 11 is 10.8. The number of hydrogen-bond donors (Lipinski definition) is 0. The lowest BCUT2D eigenvalue weighted by Gasteiger charge is -2.06. The van der Waals surface area contributed by atoms with Crippen molar-refractivity contribution in [1.29, 1.82) is 0 Å². The van der Waals surface area contributed by atoms with Crippen LogP contribution in [0.15, 0.2) is 237 Å². The minimum Gasteiger partial charge on any atom is -0.260 e. The Morgan fingerprint density at radius 2 is 0.536 bits per heavy atom. The molecule has 9 nitrogen and oxygen atoms in total. The molecule has 0 fully saturated rings. The summed E-state index contributed by atoms with van der Waals surface area (Å²) in [4.78, 5) is 43.7. The van der Waals surface area contributed by atoms with E-state index in [1.807, 2.05) is 140 Å². The van der Waals surface area contributed by atoms with Crippen molar-refractivity contribution < 1.29 is 0 Å². The Bertz CT molecular complexity index is 5750. The van der Waals surface area contributed by atoms with Gasteiger partial charge in [0.2, 0.25) is 0 Å². The molecule has 0 saturated heterocycles. The van der Waals surface area contributed by atoms with E-state index < -0.39 is 0 Å². The van der Waals surface area contributed by atoms with Gasteiger partial charge in [0.15, 0.2) is 11.6 Å². The number of aryl methyl sites for hydroxylation is 14. The average Bonchev–Trinajstić information content (AvgIpc) is 1.66. The second-order valence-corrected chi connectivity index (χ2v) is 34.7. The molecule has 15 heteroatoms. The van der Waals surface area contributed by atoms with E-state index in [4.69, 9.17) is 0 Å². The monoisotopic (exact) mass is 1540 g/mol. The number of fused-ring (bicyclic) bond motifs is 18.